The van der Waals surface area contributed by atoms with Crippen molar-refractivity contribution in [2.45, 2.75) is 26.3 Å². The number of thiazole rings is 1. The highest BCUT2D eigenvalue weighted by molar-refractivity contribution is 7.09. The minimum atomic E-state index is -0.343. The monoisotopic (exact) mass is 428 g/mol. The fourth-order valence-corrected chi connectivity index (χ4v) is 4.67. The largest absolute Gasteiger partial charge is 0.369 e. The molecule has 4 heterocycles. The summed E-state index contributed by atoms with van der Waals surface area (Å²) in [6.45, 7) is 3.76. The quantitative estimate of drug-likeness (QED) is 0.624. The Morgan fingerprint density at radius 3 is 2.70 bits per heavy atom. The number of anilines is 1. The van der Waals surface area contributed by atoms with Crippen LogP contribution in [0.1, 0.15) is 23.4 Å². The minimum absolute atomic E-state index is 0.0464. The lowest BCUT2D eigenvalue weighted by atomic mass is 9.95. The van der Waals surface area contributed by atoms with E-state index in [0.717, 1.165) is 16.3 Å². The van der Waals surface area contributed by atoms with E-state index < -0.39 is 0 Å². The standard InChI is InChI=1S/C21H25FN6OS/c1-14-11-25-27(3)20(14)17-10-18(16(22)12-24-17)28-7-4-15(5-8-28)21(29)26(2)13-19-23-6-9-30-19/h6,9-12,15H,4-5,7-8,13H2,1-3H3. The molecular weight excluding hydrogens is 403 g/mol. The molecule has 4 rings (SSSR count). The van der Waals surface area contributed by atoms with Crippen molar-refractivity contribution in [3.8, 4) is 11.4 Å². The van der Waals surface area contributed by atoms with Crippen LogP contribution in [0.4, 0.5) is 10.1 Å². The third kappa shape index (κ3) is 4.07. The van der Waals surface area contributed by atoms with Crippen molar-refractivity contribution >= 4 is 22.9 Å². The van der Waals surface area contributed by atoms with Gasteiger partial charge in [0.25, 0.3) is 0 Å². The molecule has 0 radical (unpaired) electrons. The first-order valence-corrected chi connectivity index (χ1v) is 10.8. The second kappa shape index (κ2) is 8.51. The molecule has 0 aromatic carbocycles. The van der Waals surface area contributed by atoms with Gasteiger partial charge in [-0.15, -0.1) is 11.3 Å². The van der Waals surface area contributed by atoms with Gasteiger partial charge < -0.3 is 9.80 Å². The van der Waals surface area contributed by atoms with Crippen molar-refractivity contribution in [2.75, 3.05) is 25.0 Å². The number of aryl methyl sites for hydroxylation is 2. The Morgan fingerprint density at radius 2 is 2.07 bits per heavy atom. The van der Waals surface area contributed by atoms with Crippen LogP contribution < -0.4 is 4.90 Å². The van der Waals surface area contributed by atoms with Gasteiger partial charge in [0.05, 0.1) is 36.0 Å². The van der Waals surface area contributed by atoms with E-state index >= 15 is 0 Å². The maximum atomic E-state index is 14.6. The zero-order valence-electron chi connectivity index (χ0n) is 17.4. The number of rotatable bonds is 5. The van der Waals surface area contributed by atoms with Crippen LogP contribution in [0.3, 0.4) is 0 Å². The molecule has 9 heteroatoms. The fraction of sp³-hybridized carbons (Fsp3) is 0.429. The van der Waals surface area contributed by atoms with Crippen LogP contribution in [-0.2, 0) is 18.4 Å². The van der Waals surface area contributed by atoms with Crippen molar-refractivity contribution in [2.24, 2.45) is 13.0 Å². The summed E-state index contributed by atoms with van der Waals surface area (Å²) in [5, 5.41) is 7.10. The van der Waals surface area contributed by atoms with Gasteiger partial charge in [0.1, 0.15) is 5.01 Å². The zero-order chi connectivity index (χ0) is 21.3. The molecular formula is C21H25FN6OS. The number of pyridine rings is 1. The van der Waals surface area contributed by atoms with E-state index in [0.29, 0.717) is 43.9 Å². The maximum absolute atomic E-state index is 14.6. The van der Waals surface area contributed by atoms with Gasteiger partial charge in [-0.2, -0.15) is 5.10 Å². The molecule has 1 aliphatic rings. The van der Waals surface area contributed by atoms with E-state index in [4.69, 9.17) is 0 Å². The van der Waals surface area contributed by atoms with Gasteiger partial charge in [0, 0.05) is 44.7 Å². The normalized spacial score (nSPS) is 14.9. The third-order valence-corrected chi connectivity index (χ3v) is 6.38. The Kier molecular flexibility index (Phi) is 5.80. The van der Waals surface area contributed by atoms with E-state index in [1.54, 1.807) is 39.4 Å². The van der Waals surface area contributed by atoms with Gasteiger partial charge in [-0.25, -0.2) is 9.37 Å². The lowest BCUT2D eigenvalue weighted by Crippen LogP contribution is -2.41. The number of hydrogen-bond donors (Lipinski definition) is 0. The van der Waals surface area contributed by atoms with Gasteiger partial charge in [0.15, 0.2) is 5.82 Å². The second-order valence-corrected chi connectivity index (χ2v) is 8.68. The number of carbonyl (C=O) groups excluding carboxylic acids is 1. The van der Waals surface area contributed by atoms with Crippen LogP contribution in [0.15, 0.2) is 30.0 Å². The van der Waals surface area contributed by atoms with Crippen LogP contribution in [0.5, 0.6) is 0 Å². The van der Waals surface area contributed by atoms with Gasteiger partial charge >= 0.3 is 0 Å². The molecule has 3 aromatic heterocycles. The fourth-order valence-electron chi connectivity index (χ4n) is 4.01. The summed E-state index contributed by atoms with van der Waals surface area (Å²) in [6.07, 6.45) is 6.20. The van der Waals surface area contributed by atoms with E-state index in [2.05, 4.69) is 15.1 Å². The molecule has 0 saturated carbocycles. The van der Waals surface area contributed by atoms with Crippen molar-refractivity contribution in [1.29, 1.82) is 0 Å². The van der Waals surface area contributed by atoms with Crippen LogP contribution in [-0.4, -0.2) is 50.7 Å². The molecule has 0 N–H and O–H groups in total. The molecule has 30 heavy (non-hydrogen) atoms. The first-order chi connectivity index (χ1) is 14.4. The highest BCUT2D eigenvalue weighted by atomic mass is 32.1. The van der Waals surface area contributed by atoms with Crippen LogP contribution in [0.25, 0.3) is 11.4 Å². The van der Waals surface area contributed by atoms with Gasteiger partial charge in [0.2, 0.25) is 5.91 Å². The number of piperidine rings is 1. The molecule has 1 fully saturated rings. The second-order valence-electron chi connectivity index (χ2n) is 7.70. The highest BCUT2D eigenvalue weighted by Crippen LogP contribution is 2.30. The highest BCUT2D eigenvalue weighted by Gasteiger charge is 2.29. The number of amides is 1. The van der Waals surface area contributed by atoms with E-state index in [1.165, 1.54) is 6.20 Å². The van der Waals surface area contributed by atoms with Crippen LogP contribution in [0, 0.1) is 18.7 Å². The molecule has 3 aromatic rings. The lowest BCUT2D eigenvalue weighted by Gasteiger charge is -2.34. The van der Waals surface area contributed by atoms with E-state index in [-0.39, 0.29) is 17.6 Å². The van der Waals surface area contributed by atoms with Crippen molar-refractivity contribution in [3.05, 3.63) is 46.4 Å². The summed E-state index contributed by atoms with van der Waals surface area (Å²) >= 11 is 1.55. The molecule has 0 spiro atoms. The molecule has 0 aliphatic carbocycles. The summed E-state index contributed by atoms with van der Waals surface area (Å²) in [5.74, 6) is -0.259. The molecule has 0 bridgehead atoms. The summed E-state index contributed by atoms with van der Waals surface area (Å²) in [5.41, 5.74) is 3.10. The molecule has 158 valence electrons. The molecule has 1 amide bonds. The topological polar surface area (TPSA) is 67.2 Å². The van der Waals surface area contributed by atoms with E-state index in [1.807, 2.05) is 31.3 Å². The number of aromatic nitrogens is 4. The first kappa shape index (κ1) is 20.5. The van der Waals surface area contributed by atoms with Crippen LogP contribution in [0.2, 0.25) is 0 Å². The number of nitrogens with zero attached hydrogens (tertiary/aromatic N) is 6. The molecule has 0 atom stereocenters. The Bertz CT molecular complexity index is 1010. The van der Waals surface area contributed by atoms with Crippen molar-refractivity contribution in [3.63, 3.8) is 0 Å². The number of carbonyl (C=O) groups is 1. The molecule has 1 aliphatic heterocycles. The Labute approximate surface area is 179 Å². The van der Waals surface area contributed by atoms with Gasteiger partial charge in [-0.1, -0.05) is 0 Å². The minimum Gasteiger partial charge on any atom is -0.369 e. The van der Waals surface area contributed by atoms with Crippen LogP contribution >= 0.6 is 11.3 Å². The number of hydrogen-bond acceptors (Lipinski definition) is 6. The number of halogens is 1. The molecule has 7 nitrogen and oxygen atoms in total. The van der Waals surface area contributed by atoms with E-state index in [9.17, 15) is 9.18 Å². The zero-order valence-corrected chi connectivity index (χ0v) is 18.2. The van der Waals surface area contributed by atoms with Crippen molar-refractivity contribution in [1.82, 2.24) is 24.6 Å². The average molecular weight is 429 g/mol. The first-order valence-electron chi connectivity index (χ1n) is 9.97. The molecule has 0 unspecified atom stereocenters. The smallest absolute Gasteiger partial charge is 0.225 e. The Balaban J connectivity index is 1.44. The Hall–Kier alpha value is -2.81. The average Bonchev–Trinajstić information content (AvgIpc) is 3.37. The van der Waals surface area contributed by atoms with Gasteiger partial charge in [-0.05, 0) is 31.4 Å². The predicted octanol–water partition coefficient (Wildman–Crippen LogP) is 3.26. The summed E-state index contributed by atoms with van der Waals surface area (Å²) in [6, 6.07) is 1.79. The summed E-state index contributed by atoms with van der Waals surface area (Å²) in [4.78, 5) is 25.1. The predicted molar refractivity (Wildman–Crippen MR) is 115 cm³/mol. The summed E-state index contributed by atoms with van der Waals surface area (Å²) in [7, 11) is 3.67. The van der Waals surface area contributed by atoms with Crippen molar-refractivity contribution < 1.29 is 9.18 Å². The maximum Gasteiger partial charge on any atom is 0.225 e. The lowest BCUT2D eigenvalue weighted by molar-refractivity contribution is -0.135. The third-order valence-electron chi connectivity index (χ3n) is 5.62. The molecule has 1 saturated heterocycles. The summed E-state index contributed by atoms with van der Waals surface area (Å²) < 4.78 is 16.3. The van der Waals surface area contributed by atoms with Gasteiger partial charge in [-0.3, -0.25) is 14.5 Å². The Morgan fingerprint density at radius 1 is 1.30 bits per heavy atom. The SMILES string of the molecule is Cc1cnn(C)c1-c1cc(N2CCC(C(=O)N(C)Cc3nccs3)CC2)c(F)cn1.